The molecule has 0 aliphatic heterocycles. The lowest BCUT2D eigenvalue weighted by molar-refractivity contribution is -0.384. The molecule has 0 aromatic heterocycles. The number of carbonyl (C=O) groups excluding carboxylic acids is 1. The van der Waals surface area contributed by atoms with E-state index in [2.05, 4.69) is 21.2 Å². The number of hydrogen-bond donors (Lipinski definition) is 1. The number of carbonyl (C=O) groups is 1. The second-order valence-electron chi connectivity index (χ2n) is 4.93. The lowest BCUT2D eigenvalue weighted by Crippen LogP contribution is -2.14. The Bertz CT molecular complexity index is 720. The molecule has 23 heavy (non-hydrogen) atoms. The number of benzene rings is 2. The van der Waals surface area contributed by atoms with Gasteiger partial charge in [-0.15, -0.1) is 11.8 Å². The lowest BCUT2D eigenvalue weighted by Gasteiger charge is -2.07. The van der Waals surface area contributed by atoms with E-state index in [1.54, 1.807) is 12.1 Å². The molecule has 1 N–H and O–H groups in total. The molecule has 0 spiro atoms. The summed E-state index contributed by atoms with van der Waals surface area (Å²) in [6, 6.07) is 12.0. The van der Waals surface area contributed by atoms with Crippen molar-refractivity contribution < 1.29 is 9.72 Å². The number of rotatable bonds is 6. The second kappa shape index (κ2) is 8.12. The number of anilines is 1. The van der Waals surface area contributed by atoms with Crippen LogP contribution in [-0.2, 0) is 10.5 Å². The van der Waals surface area contributed by atoms with Crippen molar-refractivity contribution in [2.75, 3.05) is 11.1 Å². The molecule has 2 rings (SSSR count). The van der Waals surface area contributed by atoms with Crippen LogP contribution in [0, 0.1) is 17.0 Å². The van der Waals surface area contributed by atoms with Crippen LogP contribution in [0.4, 0.5) is 11.4 Å². The molecule has 0 bridgehead atoms. The summed E-state index contributed by atoms with van der Waals surface area (Å²) in [6.07, 6.45) is 0. The molecule has 2 aromatic carbocycles. The highest BCUT2D eigenvalue weighted by Gasteiger charge is 2.06. The number of amides is 1. The third-order valence-electron chi connectivity index (χ3n) is 3.09. The predicted molar refractivity (Wildman–Crippen MR) is 96.8 cm³/mol. The smallest absolute Gasteiger partial charge is 0.269 e. The standard InChI is InChI=1S/C16H15BrN2O3S/c1-11-8-13(4-7-15(11)17)18-16(20)10-23-9-12-2-5-14(6-3-12)19(21)22/h2-8H,9-10H2,1H3,(H,18,20). The maximum absolute atomic E-state index is 11.9. The van der Waals surface area contributed by atoms with E-state index < -0.39 is 4.92 Å². The number of halogens is 1. The van der Waals surface area contributed by atoms with E-state index in [0.29, 0.717) is 11.5 Å². The van der Waals surface area contributed by atoms with E-state index >= 15 is 0 Å². The number of hydrogen-bond acceptors (Lipinski definition) is 4. The van der Waals surface area contributed by atoms with Crippen molar-refractivity contribution in [3.63, 3.8) is 0 Å². The maximum Gasteiger partial charge on any atom is 0.269 e. The van der Waals surface area contributed by atoms with E-state index in [-0.39, 0.29) is 11.6 Å². The molecule has 2 aromatic rings. The zero-order valence-corrected chi connectivity index (χ0v) is 14.8. The number of nitro benzene ring substituents is 1. The molecule has 0 saturated heterocycles. The highest BCUT2D eigenvalue weighted by molar-refractivity contribution is 9.10. The van der Waals surface area contributed by atoms with Crippen molar-refractivity contribution in [3.8, 4) is 0 Å². The van der Waals surface area contributed by atoms with Gasteiger partial charge in [-0.25, -0.2) is 0 Å². The number of non-ortho nitro benzene ring substituents is 1. The van der Waals surface area contributed by atoms with Gasteiger partial charge in [0, 0.05) is 28.0 Å². The van der Waals surface area contributed by atoms with Gasteiger partial charge in [-0.1, -0.05) is 28.1 Å². The van der Waals surface area contributed by atoms with E-state index in [1.807, 2.05) is 25.1 Å². The van der Waals surface area contributed by atoms with Crippen LogP contribution >= 0.6 is 27.7 Å². The Labute approximate surface area is 146 Å². The van der Waals surface area contributed by atoms with Gasteiger partial charge in [0.1, 0.15) is 0 Å². The molecule has 5 nitrogen and oxygen atoms in total. The third-order valence-corrected chi connectivity index (χ3v) is 4.98. The van der Waals surface area contributed by atoms with Gasteiger partial charge in [-0.3, -0.25) is 14.9 Å². The minimum absolute atomic E-state index is 0.0707. The number of aryl methyl sites for hydroxylation is 1. The summed E-state index contributed by atoms with van der Waals surface area (Å²) >= 11 is 4.88. The molecule has 0 aliphatic carbocycles. The van der Waals surface area contributed by atoms with Gasteiger partial charge in [-0.05, 0) is 36.2 Å². The van der Waals surface area contributed by atoms with E-state index in [1.165, 1.54) is 23.9 Å². The molecule has 0 unspecified atom stereocenters. The lowest BCUT2D eigenvalue weighted by atomic mass is 10.2. The molecule has 0 heterocycles. The highest BCUT2D eigenvalue weighted by Crippen LogP contribution is 2.21. The first-order valence-corrected chi connectivity index (χ1v) is 8.77. The van der Waals surface area contributed by atoms with Crippen molar-refractivity contribution in [3.05, 3.63) is 68.2 Å². The number of nitrogens with zero attached hydrogens (tertiary/aromatic N) is 1. The first-order chi connectivity index (χ1) is 11.0. The van der Waals surface area contributed by atoms with Crippen LogP contribution in [0.3, 0.4) is 0 Å². The largest absolute Gasteiger partial charge is 0.325 e. The van der Waals surface area contributed by atoms with Gasteiger partial charge >= 0.3 is 0 Å². The molecule has 0 fully saturated rings. The molecular weight excluding hydrogens is 380 g/mol. The minimum Gasteiger partial charge on any atom is -0.325 e. The van der Waals surface area contributed by atoms with Crippen molar-refractivity contribution in [1.82, 2.24) is 0 Å². The van der Waals surface area contributed by atoms with Crippen molar-refractivity contribution >= 4 is 45.0 Å². The van der Waals surface area contributed by atoms with Crippen LogP contribution < -0.4 is 5.32 Å². The number of nitrogens with one attached hydrogen (secondary N) is 1. The van der Waals surface area contributed by atoms with E-state index in [4.69, 9.17) is 0 Å². The van der Waals surface area contributed by atoms with Gasteiger partial charge in [0.15, 0.2) is 0 Å². The Morgan fingerprint density at radius 2 is 1.96 bits per heavy atom. The fourth-order valence-electron chi connectivity index (χ4n) is 1.89. The van der Waals surface area contributed by atoms with Crippen LogP contribution in [-0.4, -0.2) is 16.6 Å². The fourth-order valence-corrected chi connectivity index (χ4v) is 2.93. The molecule has 7 heteroatoms. The maximum atomic E-state index is 11.9. The van der Waals surface area contributed by atoms with Gasteiger partial charge in [0.05, 0.1) is 10.7 Å². The van der Waals surface area contributed by atoms with Gasteiger partial charge in [0.2, 0.25) is 5.91 Å². The molecule has 0 radical (unpaired) electrons. The van der Waals surface area contributed by atoms with E-state index in [0.717, 1.165) is 21.3 Å². The average molecular weight is 395 g/mol. The van der Waals surface area contributed by atoms with Crippen LogP contribution in [0.1, 0.15) is 11.1 Å². The molecule has 1 amide bonds. The molecule has 0 atom stereocenters. The van der Waals surface area contributed by atoms with E-state index in [9.17, 15) is 14.9 Å². The Morgan fingerprint density at radius 3 is 2.57 bits per heavy atom. The normalized spacial score (nSPS) is 10.3. The van der Waals surface area contributed by atoms with Crippen molar-refractivity contribution in [2.24, 2.45) is 0 Å². The predicted octanol–water partition coefficient (Wildman–Crippen LogP) is 4.54. The quantitative estimate of drug-likeness (QED) is 0.576. The summed E-state index contributed by atoms with van der Waals surface area (Å²) in [6.45, 7) is 1.96. The Morgan fingerprint density at radius 1 is 1.26 bits per heavy atom. The summed E-state index contributed by atoms with van der Waals surface area (Å²) in [5, 5.41) is 13.4. The monoisotopic (exact) mass is 394 g/mol. The Hall–Kier alpha value is -1.86. The molecule has 120 valence electrons. The summed E-state index contributed by atoms with van der Waals surface area (Å²) in [7, 11) is 0. The molecular formula is C16H15BrN2O3S. The number of nitro groups is 1. The van der Waals surface area contributed by atoms with Crippen molar-refractivity contribution in [2.45, 2.75) is 12.7 Å². The Balaban J connectivity index is 1.80. The zero-order valence-electron chi connectivity index (χ0n) is 12.4. The molecule has 0 saturated carbocycles. The van der Waals surface area contributed by atoms with Crippen molar-refractivity contribution in [1.29, 1.82) is 0 Å². The van der Waals surface area contributed by atoms with Crippen LogP contribution in [0.5, 0.6) is 0 Å². The van der Waals surface area contributed by atoms with Gasteiger partial charge in [0.25, 0.3) is 5.69 Å². The zero-order chi connectivity index (χ0) is 16.8. The summed E-state index contributed by atoms with van der Waals surface area (Å²) < 4.78 is 1.00. The van der Waals surface area contributed by atoms with Crippen LogP contribution in [0.25, 0.3) is 0 Å². The number of thioether (sulfide) groups is 1. The summed E-state index contributed by atoms with van der Waals surface area (Å²) in [5.41, 5.74) is 2.85. The summed E-state index contributed by atoms with van der Waals surface area (Å²) in [4.78, 5) is 22.1. The van der Waals surface area contributed by atoms with Gasteiger partial charge < -0.3 is 5.32 Å². The second-order valence-corrected chi connectivity index (χ2v) is 6.77. The minimum atomic E-state index is -0.426. The topological polar surface area (TPSA) is 72.2 Å². The van der Waals surface area contributed by atoms with Crippen LogP contribution in [0.2, 0.25) is 0 Å². The highest BCUT2D eigenvalue weighted by atomic mass is 79.9. The van der Waals surface area contributed by atoms with Gasteiger partial charge in [-0.2, -0.15) is 0 Å². The van der Waals surface area contributed by atoms with Crippen LogP contribution in [0.15, 0.2) is 46.9 Å². The summed E-state index contributed by atoms with van der Waals surface area (Å²) in [5.74, 6) is 0.885. The third kappa shape index (κ3) is 5.37. The SMILES string of the molecule is Cc1cc(NC(=O)CSCc2ccc([N+](=O)[O-])cc2)ccc1Br. The Kier molecular flexibility index (Phi) is 6.18. The first kappa shape index (κ1) is 17.5. The average Bonchev–Trinajstić information content (AvgIpc) is 2.51. The first-order valence-electron chi connectivity index (χ1n) is 6.83. The molecule has 0 aliphatic rings. The fraction of sp³-hybridized carbons (Fsp3) is 0.188.